The Bertz CT molecular complexity index is 1070. The number of hydrogen-bond donors (Lipinski definition) is 0. The molecule has 5 nitrogen and oxygen atoms in total. The van der Waals surface area contributed by atoms with E-state index in [2.05, 4.69) is 44.0 Å². The predicted molar refractivity (Wildman–Crippen MR) is 102 cm³/mol. The van der Waals surface area contributed by atoms with Crippen molar-refractivity contribution in [2.24, 2.45) is 0 Å². The Morgan fingerprint density at radius 3 is 2.69 bits per heavy atom. The van der Waals surface area contributed by atoms with E-state index in [1.807, 2.05) is 18.2 Å². The van der Waals surface area contributed by atoms with Crippen LogP contribution >= 0.6 is 0 Å². The van der Waals surface area contributed by atoms with Crippen molar-refractivity contribution in [2.75, 3.05) is 0 Å². The Kier molecular flexibility index (Phi) is 3.70. The Hall–Kier alpha value is -3.08. The van der Waals surface area contributed by atoms with Crippen LogP contribution in [0.4, 0.5) is 0 Å². The summed E-state index contributed by atoms with van der Waals surface area (Å²) in [5, 5.41) is 10.2. The highest BCUT2D eigenvalue weighted by Crippen LogP contribution is 2.32. The minimum atomic E-state index is 0.937. The molecule has 4 aromatic rings. The van der Waals surface area contributed by atoms with E-state index in [1.165, 1.54) is 19.3 Å². The number of hydrogen-bond acceptors (Lipinski definition) is 4. The summed E-state index contributed by atoms with van der Waals surface area (Å²) in [6.07, 6.45) is 8.23. The van der Waals surface area contributed by atoms with Crippen molar-refractivity contribution in [3.05, 3.63) is 60.7 Å². The minimum absolute atomic E-state index is 0.937. The number of rotatable bonds is 2. The third kappa shape index (κ3) is 2.56. The zero-order valence-corrected chi connectivity index (χ0v) is 14.5. The lowest BCUT2D eigenvalue weighted by Gasteiger charge is -2.11. The van der Waals surface area contributed by atoms with E-state index in [-0.39, 0.29) is 0 Å². The van der Waals surface area contributed by atoms with Crippen molar-refractivity contribution >= 4 is 10.9 Å². The molecule has 0 saturated heterocycles. The minimum Gasteiger partial charge on any atom is -0.311 e. The highest BCUT2D eigenvalue weighted by atomic mass is 15.3. The summed E-state index contributed by atoms with van der Waals surface area (Å²) < 4.78 is 2.30. The second-order valence-electron chi connectivity index (χ2n) is 6.71. The van der Waals surface area contributed by atoms with Gasteiger partial charge in [0.15, 0.2) is 5.82 Å². The van der Waals surface area contributed by atoms with Crippen LogP contribution in [-0.4, -0.2) is 24.7 Å². The van der Waals surface area contributed by atoms with Crippen LogP contribution < -0.4 is 0 Å². The number of aryl methyl sites for hydroxylation is 1. The van der Waals surface area contributed by atoms with Crippen molar-refractivity contribution in [3.63, 3.8) is 0 Å². The Morgan fingerprint density at radius 2 is 1.77 bits per heavy atom. The zero-order chi connectivity index (χ0) is 17.3. The largest absolute Gasteiger partial charge is 0.311 e. The highest BCUT2D eigenvalue weighted by molar-refractivity contribution is 5.95. The van der Waals surface area contributed by atoms with Gasteiger partial charge < -0.3 is 4.57 Å². The summed E-state index contributed by atoms with van der Waals surface area (Å²) >= 11 is 0. The van der Waals surface area contributed by atoms with E-state index in [4.69, 9.17) is 4.98 Å². The number of pyridine rings is 2. The van der Waals surface area contributed by atoms with E-state index in [9.17, 15) is 0 Å². The van der Waals surface area contributed by atoms with Gasteiger partial charge in [0.1, 0.15) is 5.82 Å². The average Bonchev–Trinajstić information content (AvgIpc) is 2.95. The Labute approximate surface area is 151 Å². The molecule has 0 fully saturated rings. The third-order valence-corrected chi connectivity index (χ3v) is 5.04. The first-order valence-corrected chi connectivity index (χ1v) is 9.13. The summed E-state index contributed by atoms with van der Waals surface area (Å²) in [6, 6.07) is 14.4. The number of nitrogens with zero attached hydrogens (tertiary/aromatic N) is 5. The smallest absolute Gasteiger partial charge is 0.164 e. The second-order valence-corrected chi connectivity index (χ2v) is 6.71. The van der Waals surface area contributed by atoms with Crippen LogP contribution in [0.2, 0.25) is 0 Å². The molecule has 0 unspecified atom stereocenters. The van der Waals surface area contributed by atoms with Gasteiger partial charge in [-0.1, -0.05) is 24.6 Å². The molecule has 0 bridgehead atoms. The van der Waals surface area contributed by atoms with Crippen LogP contribution in [0.3, 0.4) is 0 Å². The van der Waals surface area contributed by atoms with Gasteiger partial charge >= 0.3 is 0 Å². The fraction of sp³-hybridized carbons (Fsp3) is 0.238. The first-order chi connectivity index (χ1) is 12.9. The van der Waals surface area contributed by atoms with E-state index in [1.54, 1.807) is 12.4 Å². The molecule has 0 aliphatic carbocycles. The van der Waals surface area contributed by atoms with Crippen molar-refractivity contribution < 1.29 is 0 Å². The normalized spacial score (nSPS) is 14.2. The molecular formula is C21H19N5. The molecule has 128 valence electrons. The van der Waals surface area contributed by atoms with Crippen LogP contribution in [0.5, 0.6) is 0 Å². The Morgan fingerprint density at radius 1 is 0.885 bits per heavy atom. The molecule has 0 spiro atoms. The number of fused-ring (bicyclic) bond motifs is 2. The first-order valence-electron chi connectivity index (χ1n) is 9.13. The molecule has 0 radical (unpaired) electrons. The molecule has 4 heterocycles. The highest BCUT2D eigenvalue weighted by Gasteiger charge is 2.19. The Balaban J connectivity index is 1.76. The molecule has 1 aliphatic heterocycles. The van der Waals surface area contributed by atoms with Crippen LogP contribution in [0.1, 0.15) is 25.1 Å². The molecule has 1 aliphatic rings. The first kappa shape index (κ1) is 15.2. The van der Waals surface area contributed by atoms with Crippen LogP contribution in [0, 0.1) is 0 Å². The number of benzene rings is 1. The van der Waals surface area contributed by atoms with Crippen molar-refractivity contribution in [3.8, 4) is 22.6 Å². The van der Waals surface area contributed by atoms with Crippen LogP contribution in [0.25, 0.3) is 33.5 Å². The standard InChI is InChI=1S/C21H19N5/c1-2-8-20-24-25-21(26(20)13-5-1)17-14-19(15-9-11-22-12-10-15)23-18-7-4-3-6-16(17)18/h3-4,6-7,9-12,14H,1-2,5,8,13H2. The molecule has 0 N–H and O–H groups in total. The van der Waals surface area contributed by atoms with Gasteiger partial charge in [-0.3, -0.25) is 4.98 Å². The third-order valence-electron chi connectivity index (χ3n) is 5.04. The van der Waals surface area contributed by atoms with Gasteiger partial charge in [0.2, 0.25) is 0 Å². The van der Waals surface area contributed by atoms with Gasteiger partial charge in [-0.15, -0.1) is 10.2 Å². The summed E-state index contributed by atoms with van der Waals surface area (Å²) in [5.41, 5.74) is 4.07. The molecule has 1 aromatic carbocycles. The summed E-state index contributed by atoms with van der Waals surface area (Å²) in [4.78, 5) is 8.98. The van der Waals surface area contributed by atoms with Crippen molar-refractivity contribution in [1.82, 2.24) is 24.7 Å². The van der Waals surface area contributed by atoms with Crippen molar-refractivity contribution in [2.45, 2.75) is 32.2 Å². The van der Waals surface area contributed by atoms with Crippen molar-refractivity contribution in [1.29, 1.82) is 0 Å². The van der Waals surface area contributed by atoms with Gasteiger partial charge in [0, 0.05) is 41.9 Å². The molecule has 5 rings (SSSR count). The van der Waals surface area contributed by atoms with Gasteiger partial charge in [-0.05, 0) is 37.1 Å². The topological polar surface area (TPSA) is 56.5 Å². The lowest BCUT2D eigenvalue weighted by atomic mass is 10.0. The van der Waals surface area contributed by atoms with E-state index < -0.39 is 0 Å². The molecule has 5 heteroatoms. The maximum absolute atomic E-state index is 4.86. The molecule has 0 amide bonds. The summed E-state index contributed by atoms with van der Waals surface area (Å²) in [5.74, 6) is 2.06. The molecular weight excluding hydrogens is 322 g/mol. The lowest BCUT2D eigenvalue weighted by Crippen LogP contribution is -2.03. The second kappa shape index (κ2) is 6.33. The molecule has 0 atom stereocenters. The maximum Gasteiger partial charge on any atom is 0.164 e. The lowest BCUT2D eigenvalue weighted by molar-refractivity contribution is 0.637. The monoisotopic (exact) mass is 341 g/mol. The van der Waals surface area contributed by atoms with E-state index >= 15 is 0 Å². The summed E-state index contributed by atoms with van der Waals surface area (Å²) in [6.45, 7) is 0.985. The predicted octanol–water partition coefficient (Wildman–Crippen LogP) is 4.28. The number of para-hydroxylation sites is 1. The zero-order valence-electron chi connectivity index (χ0n) is 14.5. The number of aromatic nitrogens is 5. The fourth-order valence-electron chi connectivity index (χ4n) is 3.72. The summed E-state index contributed by atoms with van der Waals surface area (Å²) in [7, 11) is 0. The SMILES string of the molecule is c1ccc2c(-c3nnc4n3CCCCC4)cc(-c3ccncc3)nc2c1. The quantitative estimate of drug-likeness (QED) is 0.546. The van der Waals surface area contributed by atoms with Gasteiger partial charge in [-0.25, -0.2) is 4.98 Å². The fourth-order valence-corrected chi connectivity index (χ4v) is 3.72. The molecule has 3 aromatic heterocycles. The van der Waals surface area contributed by atoms with Gasteiger partial charge in [0.25, 0.3) is 0 Å². The van der Waals surface area contributed by atoms with Crippen LogP contribution in [0.15, 0.2) is 54.9 Å². The van der Waals surface area contributed by atoms with E-state index in [0.29, 0.717) is 0 Å². The average molecular weight is 341 g/mol. The van der Waals surface area contributed by atoms with Gasteiger partial charge in [0.05, 0.1) is 11.2 Å². The van der Waals surface area contributed by atoms with Crippen LogP contribution in [-0.2, 0) is 13.0 Å². The van der Waals surface area contributed by atoms with E-state index in [0.717, 1.165) is 52.3 Å². The van der Waals surface area contributed by atoms with Gasteiger partial charge in [-0.2, -0.15) is 0 Å². The molecule has 26 heavy (non-hydrogen) atoms. The maximum atomic E-state index is 4.86. The molecule has 0 saturated carbocycles.